The van der Waals surface area contributed by atoms with Crippen LogP contribution in [0.25, 0.3) is 11.1 Å². The quantitative estimate of drug-likeness (QED) is 0.725. The molecule has 2 aromatic carbocycles. The molecule has 0 bridgehead atoms. The predicted molar refractivity (Wildman–Crippen MR) is 71.5 cm³/mol. The number of hydrogen-bond donors (Lipinski definition) is 0. The molecule has 0 fully saturated rings. The van der Waals surface area contributed by atoms with Crippen molar-refractivity contribution in [3.8, 4) is 11.1 Å². The molecule has 20 heavy (non-hydrogen) atoms. The zero-order chi connectivity index (χ0) is 14.8. The number of carbonyl (C=O) groups is 1. The monoisotopic (exact) mass is 278 g/mol. The molecule has 0 atom stereocenters. The van der Waals surface area contributed by atoms with Crippen LogP contribution in [0.1, 0.15) is 29.3 Å². The van der Waals surface area contributed by atoms with Crippen molar-refractivity contribution in [1.29, 1.82) is 0 Å². The Hall–Kier alpha value is -2.10. The fourth-order valence-corrected chi connectivity index (χ4v) is 2.02. The van der Waals surface area contributed by atoms with Gasteiger partial charge in [-0.1, -0.05) is 49.4 Å². The van der Waals surface area contributed by atoms with Gasteiger partial charge in [-0.05, 0) is 17.2 Å². The van der Waals surface area contributed by atoms with Crippen molar-refractivity contribution >= 4 is 5.78 Å². The minimum absolute atomic E-state index is 0.0272. The zero-order valence-corrected chi connectivity index (χ0v) is 10.9. The van der Waals surface area contributed by atoms with E-state index >= 15 is 0 Å². The highest BCUT2D eigenvalue weighted by molar-refractivity contribution is 5.96. The third-order valence-electron chi connectivity index (χ3n) is 3.07. The van der Waals surface area contributed by atoms with Crippen LogP contribution in [0.2, 0.25) is 0 Å². The van der Waals surface area contributed by atoms with Crippen molar-refractivity contribution < 1.29 is 18.0 Å². The molecule has 104 valence electrons. The molecule has 1 nitrogen and oxygen atoms in total. The van der Waals surface area contributed by atoms with Crippen LogP contribution in [-0.4, -0.2) is 5.78 Å². The molecule has 0 saturated carbocycles. The highest BCUT2D eigenvalue weighted by atomic mass is 19.4. The number of alkyl halides is 3. The largest absolute Gasteiger partial charge is 0.417 e. The van der Waals surface area contributed by atoms with E-state index in [4.69, 9.17) is 0 Å². The molecule has 0 aliphatic carbocycles. The molecule has 0 aliphatic heterocycles. The smallest absolute Gasteiger partial charge is 0.294 e. The molecule has 0 N–H and O–H groups in total. The molecular weight excluding hydrogens is 265 g/mol. The second kappa shape index (κ2) is 5.49. The van der Waals surface area contributed by atoms with Crippen LogP contribution in [0, 0.1) is 0 Å². The lowest BCUT2D eigenvalue weighted by Crippen LogP contribution is -2.06. The van der Waals surface area contributed by atoms with Gasteiger partial charge in [0.05, 0.1) is 5.56 Å². The van der Waals surface area contributed by atoms with E-state index in [1.165, 1.54) is 12.1 Å². The molecule has 2 rings (SSSR count). The van der Waals surface area contributed by atoms with Crippen molar-refractivity contribution in [2.75, 3.05) is 0 Å². The van der Waals surface area contributed by atoms with Crippen LogP contribution in [0.3, 0.4) is 0 Å². The maximum Gasteiger partial charge on any atom is 0.417 e. The van der Waals surface area contributed by atoms with Crippen molar-refractivity contribution in [3.63, 3.8) is 0 Å². The van der Waals surface area contributed by atoms with Crippen LogP contribution in [-0.2, 0) is 6.18 Å². The number of benzene rings is 2. The standard InChI is InChI=1S/C16H13F3O/c1-2-15(20)12-9-7-11(8-10-12)13-5-3-4-6-14(13)16(17,18)19/h3-10H,2H2,1H3. The van der Waals surface area contributed by atoms with Gasteiger partial charge in [-0.2, -0.15) is 13.2 Å². The van der Waals surface area contributed by atoms with Crippen molar-refractivity contribution in [1.82, 2.24) is 0 Å². The Labute approximate surface area is 115 Å². The average molecular weight is 278 g/mol. The highest BCUT2D eigenvalue weighted by Crippen LogP contribution is 2.36. The van der Waals surface area contributed by atoms with Crippen molar-refractivity contribution in [3.05, 3.63) is 59.7 Å². The Balaban J connectivity index is 2.45. The summed E-state index contributed by atoms with van der Waals surface area (Å²) < 4.78 is 38.8. The van der Waals surface area contributed by atoms with Gasteiger partial charge in [0, 0.05) is 12.0 Å². The molecular formula is C16H13F3O. The van der Waals surface area contributed by atoms with Gasteiger partial charge >= 0.3 is 6.18 Å². The van der Waals surface area contributed by atoms with E-state index in [1.54, 1.807) is 37.3 Å². The van der Waals surface area contributed by atoms with E-state index < -0.39 is 11.7 Å². The summed E-state index contributed by atoms with van der Waals surface area (Å²) in [6.07, 6.45) is -4.02. The molecule has 0 unspecified atom stereocenters. The number of rotatable bonds is 3. The number of Topliss-reactive ketones (excluding diaryl/α,β-unsaturated/α-hetero) is 1. The first-order valence-electron chi connectivity index (χ1n) is 6.23. The van der Waals surface area contributed by atoms with Gasteiger partial charge in [-0.3, -0.25) is 4.79 Å². The molecule has 4 heteroatoms. The molecule has 2 aromatic rings. The molecule has 0 radical (unpaired) electrons. The molecule has 0 spiro atoms. The number of ketones is 1. The maximum absolute atomic E-state index is 12.9. The molecule has 0 aliphatic rings. The van der Waals surface area contributed by atoms with Crippen LogP contribution in [0.15, 0.2) is 48.5 Å². The van der Waals surface area contributed by atoms with E-state index in [-0.39, 0.29) is 11.3 Å². The van der Waals surface area contributed by atoms with Crippen LogP contribution in [0.5, 0.6) is 0 Å². The first kappa shape index (κ1) is 14.3. The summed E-state index contributed by atoms with van der Waals surface area (Å²) in [5.41, 5.74) is 0.413. The average Bonchev–Trinajstić information content (AvgIpc) is 2.46. The maximum atomic E-state index is 12.9. The summed E-state index contributed by atoms with van der Waals surface area (Å²) >= 11 is 0. The molecule has 0 amide bonds. The molecule has 0 heterocycles. The van der Waals surface area contributed by atoms with Crippen molar-refractivity contribution in [2.45, 2.75) is 19.5 Å². The van der Waals surface area contributed by atoms with Gasteiger partial charge in [0.2, 0.25) is 0 Å². The Kier molecular flexibility index (Phi) is 3.93. The Morgan fingerprint density at radius 1 is 1.00 bits per heavy atom. The van der Waals surface area contributed by atoms with Gasteiger partial charge in [0.1, 0.15) is 0 Å². The Morgan fingerprint density at radius 3 is 2.15 bits per heavy atom. The lowest BCUT2D eigenvalue weighted by atomic mass is 9.97. The Bertz CT molecular complexity index is 612. The first-order chi connectivity index (χ1) is 9.43. The topological polar surface area (TPSA) is 17.1 Å². The van der Waals surface area contributed by atoms with Crippen LogP contribution in [0.4, 0.5) is 13.2 Å². The van der Waals surface area contributed by atoms with Gasteiger partial charge < -0.3 is 0 Å². The van der Waals surface area contributed by atoms with Gasteiger partial charge in [0.25, 0.3) is 0 Å². The van der Waals surface area contributed by atoms with Gasteiger partial charge in [-0.25, -0.2) is 0 Å². The minimum atomic E-state index is -4.39. The summed E-state index contributed by atoms with van der Waals surface area (Å²) in [5, 5.41) is 0. The highest BCUT2D eigenvalue weighted by Gasteiger charge is 2.33. The summed E-state index contributed by atoms with van der Waals surface area (Å²) in [7, 11) is 0. The predicted octanol–water partition coefficient (Wildman–Crippen LogP) is 4.97. The van der Waals surface area contributed by atoms with E-state index in [9.17, 15) is 18.0 Å². The van der Waals surface area contributed by atoms with Crippen molar-refractivity contribution in [2.24, 2.45) is 0 Å². The fourth-order valence-electron chi connectivity index (χ4n) is 2.02. The minimum Gasteiger partial charge on any atom is -0.294 e. The fraction of sp³-hybridized carbons (Fsp3) is 0.188. The normalized spacial score (nSPS) is 11.4. The van der Waals surface area contributed by atoms with E-state index in [2.05, 4.69) is 0 Å². The van der Waals surface area contributed by atoms with E-state index in [0.717, 1.165) is 6.07 Å². The number of carbonyl (C=O) groups excluding carboxylic acids is 1. The molecule has 0 saturated heterocycles. The van der Waals surface area contributed by atoms with E-state index in [0.29, 0.717) is 17.5 Å². The first-order valence-corrected chi connectivity index (χ1v) is 6.23. The summed E-state index contributed by atoms with van der Waals surface area (Å²) in [6, 6.07) is 11.6. The van der Waals surface area contributed by atoms with Gasteiger partial charge in [0.15, 0.2) is 5.78 Å². The lowest BCUT2D eigenvalue weighted by molar-refractivity contribution is -0.137. The third kappa shape index (κ3) is 2.90. The van der Waals surface area contributed by atoms with Gasteiger partial charge in [-0.15, -0.1) is 0 Å². The second-order valence-electron chi connectivity index (χ2n) is 4.40. The van der Waals surface area contributed by atoms with Crippen LogP contribution < -0.4 is 0 Å². The summed E-state index contributed by atoms with van der Waals surface area (Å²) in [6.45, 7) is 1.75. The SMILES string of the molecule is CCC(=O)c1ccc(-c2ccccc2C(F)(F)F)cc1. The van der Waals surface area contributed by atoms with E-state index in [1.807, 2.05) is 0 Å². The lowest BCUT2D eigenvalue weighted by Gasteiger charge is -2.13. The third-order valence-corrected chi connectivity index (χ3v) is 3.07. The number of hydrogen-bond acceptors (Lipinski definition) is 1. The second-order valence-corrected chi connectivity index (χ2v) is 4.40. The van der Waals surface area contributed by atoms with Crippen LogP contribution >= 0.6 is 0 Å². The Morgan fingerprint density at radius 2 is 1.60 bits per heavy atom. The molecule has 0 aromatic heterocycles. The zero-order valence-electron chi connectivity index (χ0n) is 10.9. The number of halogens is 3. The summed E-state index contributed by atoms with van der Waals surface area (Å²) in [5.74, 6) is -0.0272. The summed E-state index contributed by atoms with van der Waals surface area (Å²) in [4.78, 5) is 11.5.